The number of rotatable bonds is 4. The number of ether oxygens (including phenoxy) is 2. The Labute approximate surface area is 125 Å². The summed E-state index contributed by atoms with van der Waals surface area (Å²) in [7, 11) is 0. The van der Waals surface area contributed by atoms with Gasteiger partial charge in [-0.2, -0.15) is 0 Å². The lowest BCUT2D eigenvalue weighted by molar-refractivity contribution is 0.135. The van der Waals surface area contributed by atoms with E-state index in [1.807, 2.05) is 30.3 Å². The van der Waals surface area contributed by atoms with E-state index < -0.39 is 0 Å². The van der Waals surface area contributed by atoms with Crippen LogP contribution in [0.2, 0.25) is 0 Å². The summed E-state index contributed by atoms with van der Waals surface area (Å²) in [5.74, 6) is 2.50. The number of nitrogens with two attached hydrogens (primary N) is 1. The van der Waals surface area contributed by atoms with Crippen molar-refractivity contribution in [1.29, 1.82) is 0 Å². The SMILES string of the molecule is CC1(C)Cc2cccc(Oc3ccccc3CCN)c2O1. The number of para-hydroxylation sites is 2. The lowest BCUT2D eigenvalue weighted by atomic mass is 10.0. The third-order valence-electron chi connectivity index (χ3n) is 3.66. The molecule has 0 atom stereocenters. The average Bonchev–Trinajstić information content (AvgIpc) is 2.76. The van der Waals surface area contributed by atoms with Gasteiger partial charge in [-0.3, -0.25) is 0 Å². The van der Waals surface area contributed by atoms with Crippen molar-refractivity contribution in [2.75, 3.05) is 6.54 Å². The highest BCUT2D eigenvalue weighted by Gasteiger charge is 2.32. The summed E-state index contributed by atoms with van der Waals surface area (Å²) in [6.07, 6.45) is 1.71. The molecule has 0 fully saturated rings. The van der Waals surface area contributed by atoms with Crippen LogP contribution in [0.15, 0.2) is 42.5 Å². The zero-order valence-electron chi connectivity index (χ0n) is 12.6. The quantitative estimate of drug-likeness (QED) is 0.930. The fraction of sp³-hybridized carbons (Fsp3) is 0.333. The van der Waals surface area contributed by atoms with Crippen molar-refractivity contribution in [2.45, 2.75) is 32.3 Å². The minimum Gasteiger partial charge on any atom is -0.483 e. The van der Waals surface area contributed by atoms with E-state index in [0.29, 0.717) is 6.54 Å². The van der Waals surface area contributed by atoms with Crippen LogP contribution in [0.4, 0.5) is 0 Å². The molecule has 110 valence electrons. The third-order valence-corrected chi connectivity index (χ3v) is 3.66. The van der Waals surface area contributed by atoms with E-state index in [4.69, 9.17) is 15.2 Å². The number of fused-ring (bicyclic) bond motifs is 1. The highest BCUT2D eigenvalue weighted by Crippen LogP contribution is 2.43. The van der Waals surface area contributed by atoms with Crippen LogP contribution in [0, 0.1) is 0 Å². The Hall–Kier alpha value is -2.00. The monoisotopic (exact) mass is 283 g/mol. The fourth-order valence-corrected chi connectivity index (χ4v) is 2.75. The maximum absolute atomic E-state index is 6.12. The lowest BCUT2D eigenvalue weighted by Gasteiger charge is -2.18. The van der Waals surface area contributed by atoms with Crippen molar-refractivity contribution in [3.8, 4) is 17.2 Å². The van der Waals surface area contributed by atoms with Gasteiger partial charge in [-0.05, 0) is 44.5 Å². The maximum atomic E-state index is 6.12. The van der Waals surface area contributed by atoms with E-state index >= 15 is 0 Å². The second kappa shape index (κ2) is 5.41. The Balaban J connectivity index is 1.93. The Bertz CT molecular complexity index is 649. The first-order valence-corrected chi connectivity index (χ1v) is 7.36. The maximum Gasteiger partial charge on any atom is 0.169 e. The summed E-state index contributed by atoms with van der Waals surface area (Å²) in [6.45, 7) is 4.80. The van der Waals surface area contributed by atoms with E-state index in [1.54, 1.807) is 0 Å². The molecule has 0 spiro atoms. The molecule has 0 radical (unpaired) electrons. The summed E-state index contributed by atoms with van der Waals surface area (Å²) in [5.41, 5.74) is 7.82. The predicted octanol–water partition coefficient (Wildman–Crippen LogP) is 3.69. The number of hydrogen-bond donors (Lipinski definition) is 1. The smallest absolute Gasteiger partial charge is 0.169 e. The van der Waals surface area contributed by atoms with Crippen molar-refractivity contribution in [3.63, 3.8) is 0 Å². The lowest BCUT2D eigenvalue weighted by Crippen LogP contribution is -2.24. The van der Waals surface area contributed by atoms with E-state index in [-0.39, 0.29) is 5.60 Å². The molecule has 1 heterocycles. The predicted molar refractivity (Wildman–Crippen MR) is 84.1 cm³/mol. The zero-order valence-corrected chi connectivity index (χ0v) is 12.6. The molecule has 3 nitrogen and oxygen atoms in total. The molecule has 1 aliphatic rings. The molecule has 1 aliphatic heterocycles. The van der Waals surface area contributed by atoms with Gasteiger partial charge in [0.05, 0.1) is 0 Å². The van der Waals surface area contributed by atoms with Gasteiger partial charge in [0.25, 0.3) is 0 Å². The van der Waals surface area contributed by atoms with Crippen LogP contribution < -0.4 is 15.2 Å². The summed E-state index contributed by atoms with van der Waals surface area (Å²) in [4.78, 5) is 0. The van der Waals surface area contributed by atoms with E-state index in [2.05, 4.69) is 26.0 Å². The second-order valence-electron chi connectivity index (χ2n) is 6.03. The van der Waals surface area contributed by atoms with Crippen LogP contribution >= 0.6 is 0 Å². The van der Waals surface area contributed by atoms with Gasteiger partial charge in [-0.25, -0.2) is 0 Å². The molecule has 21 heavy (non-hydrogen) atoms. The Morgan fingerprint density at radius 3 is 2.67 bits per heavy atom. The highest BCUT2D eigenvalue weighted by molar-refractivity contribution is 5.52. The van der Waals surface area contributed by atoms with Crippen LogP contribution in [-0.2, 0) is 12.8 Å². The first-order valence-electron chi connectivity index (χ1n) is 7.36. The van der Waals surface area contributed by atoms with Crippen LogP contribution in [0.3, 0.4) is 0 Å². The van der Waals surface area contributed by atoms with Crippen molar-refractivity contribution < 1.29 is 9.47 Å². The van der Waals surface area contributed by atoms with Gasteiger partial charge < -0.3 is 15.2 Å². The van der Waals surface area contributed by atoms with Crippen LogP contribution in [0.1, 0.15) is 25.0 Å². The summed E-state index contributed by atoms with van der Waals surface area (Å²) >= 11 is 0. The van der Waals surface area contributed by atoms with E-state index in [9.17, 15) is 0 Å². The Kier molecular flexibility index (Phi) is 3.60. The normalized spacial score (nSPS) is 15.4. The van der Waals surface area contributed by atoms with E-state index in [0.717, 1.165) is 35.7 Å². The van der Waals surface area contributed by atoms with Crippen molar-refractivity contribution in [3.05, 3.63) is 53.6 Å². The van der Waals surface area contributed by atoms with Gasteiger partial charge in [0, 0.05) is 12.0 Å². The Morgan fingerprint density at radius 1 is 1.10 bits per heavy atom. The molecule has 2 N–H and O–H groups in total. The molecule has 0 bridgehead atoms. The second-order valence-corrected chi connectivity index (χ2v) is 6.03. The first kappa shape index (κ1) is 14.0. The van der Waals surface area contributed by atoms with Gasteiger partial charge >= 0.3 is 0 Å². The van der Waals surface area contributed by atoms with Gasteiger partial charge in [0.15, 0.2) is 11.5 Å². The highest BCUT2D eigenvalue weighted by atomic mass is 16.5. The summed E-state index contributed by atoms with van der Waals surface area (Å²) in [5, 5.41) is 0. The molecule has 0 aromatic heterocycles. The van der Waals surface area contributed by atoms with Gasteiger partial charge in [0.1, 0.15) is 11.4 Å². The zero-order chi connectivity index (χ0) is 14.9. The van der Waals surface area contributed by atoms with Crippen LogP contribution in [0.25, 0.3) is 0 Å². The van der Waals surface area contributed by atoms with Gasteiger partial charge in [0.2, 0.25) is 0 Å². The molecular weight excluding hydrogens is 262 g/mol. The molecule has 2 aromatic carbocycles. The largest absolute Gasteiger partial charge is 0.483 e. The van der Waals surface area contributed by atoms with Gasteiger partial charge in [-0.1, -0.05) is 30.3 Å². The molecule has 0 unspecified atom stereocenters. The van der Waals surface area contributed by atoms with Crippen molar-refractivity contribution in [2.24, 2.45) is 5.73 Å². The topological polar surface area (TPSA) is 44.5 Å². The number of benzene rings is 2. The summed E-state index contributed by atoms with van der Waals surface area (Å²) < 4.78 is 12.2. The van der Waals surface area contributed by atoms with Crippen LogP contribution in [0.5, 0.6) is 17.2 Å². The standard InChI is InChI=1S/C18H21NO2/c1-18(2)12-14-7-5-9-16(17(14)21-18)20-15-8-4-3-6-13(15)10-11-19/h3-9H,10-12,19H2,1-2H3. The molecule has 0 aliphatic carbocycles. The molecule has 0 amide bonds. The minimum absolute atomic E-state index is 0.168. The molecule has 3 rings (SSSR count). The first-order chi connectivity index (χ1) is 10.1. The molecule has 3 heteroatoms. The van der Waals surface area contributed by atoms with Crippen molar-refractivity contribution >= 4 is 0 Å². The average molecular weight is 283 g/mol. The molecular formula is C18H21NO2. The van der Waals surface area contributed by atoms with Crippen LogP contribution in [-0.4, -0.2) is 12.1 Å². The number of hydrogen-bond acceptors (Lipinski definition) is 3. The fourth-order valence-electron chi connectivity index (χ4n) is 2.75. The molecule has 0 saturated carbocycles. The molecule has 0 saturated heterocycles. The van der Waals surface area contributed by atoms with Gasteiger partial charge in [-0.15, -0.1) is 0 Å². The molecule has 2 aromatic rings. The van der Waals surface area contributed by atoms with E-state index in [1.165, 1.54) is 5.56 Å². The third kappa shape index (κ3) is 2.88. The minimum atomic E-state index is -0.168. The summed E-state index contributed by atoms with van der Waals surface area (Å²) in [6, 6.07) is 14.1. The van der Waals surface area contributed by atoms with Crippen molar-refractivity contribution in [1.82, 2.24) is 0 Å². The Morgan fingerprint density at radius 2 is 1.86 bits per heavy atom.